The zero-order chi connectivity index (χ0) is 11.8. The van der Waals surface area contributed by atoms with Gasteiger partial charge in [-0.1, -0.05) is 26.0 Å². The van der Waals surface area contributed by atoms with Crippen molar-refractivity contribution in [2.45, 2.75) is 32.6 Å². The van der Waals surface area contributed by atoms with Gasteiger partial charge in [0, 0.05) is 0 Å². The van der Waals surface area contributed by atoms with Crippen molar-refractivity contribution in [3.8, 4) is 5.75 Å². The lowest BCUT2D eigenvalue weighted by molar-refractivity contribution is 0.306. The van der Waals surface area contributed by atoms with Crippen LogP contribution >= 0.6 is 0 Å². The van der Waals surface area contributed by atoms with Crippen LogP contribution in [0.25, 0.3) is 0 Å². The average Bonchev–Trinajstić information content (AvgIpc) is 2.29. The number of nitrogens with one attached hydrogen (secondary N) is 1. The van der Waals surface area contributed by atoms with Crippen LogP contribution in [0.5, 0.6) is 5.75 Å². The molecule has 0 amide bonds. The van der Waals surface area contributed by atoms with E-state index in [0.717, 1.165) is 25.3 Å². The molecule has 2 nitrogen and oxygen atoms in total. The average molecular weight is 221 g/mol. The molecule has 0 spiro atoms. The van der Waals surface area contributed by atoms with Crippen LogP contribution in [0.15, 0.2) is 24.3 Å². The molecule has 1 aromatic carbocycles. The first-order valence-electron chi connectivity index (χ1n) is 6.11. The fraction of sp³-hybridized carbons (Fsp3) is 0.571. The van der Waals surface area contributed by atoms with Crippen LogP contribution < -0.4 is 10.1 Å². The molecule has 0 fully saturated rings. The first-order chi connectivity index (χ1) is 7.74. The molecule has 0 aliphatic rings. The van der Waals surface area contributed by atoms with Crippen molar-refractivity contribution in [3.63, 3.8) is 0 Å². The Morgan fingerprint density at radius 1 is 1.25 bits per heavy atom. The highest BCUT2D eigenvalue weighted by molar-refractivity contribution is 5.30. The maximum absolute atomic E-state index is 5.72. The van der Waals surface area contributed by atoms with Crippen LogP contribution in [0.3, 0.4) is 0 Å². The Labute approximate surface area is 99.0 Å². The first kappa shape index (κ1) is 13.0. The van der Waals surface area contributed by atoms with Gasteiger partial charge in [-0.25, -0.2) is 0 Å². The van der Waals surface area contributed by atoms with Gasteiger partial charge in [-0.3, -0.25) is 0 Å². The second-order valence-electron chi connectivity index (χ2n) is 4.39. The molecular formula is C14H23NO. The summed E-state index contributed by atoms with van der Waals surface area (Å²) in [4.78, 5) is 0. The lowest BCUT2D eigenvalue weighted by Gasteiger charge is -2.09. The van der Waals surface area contributed by atoms with Crippen molar-refractivity contribution in [3.05, 3.63) is 29.8 Å². The van der Waals surface area contributed by atoms with Gasteiger partial charge in [0.05, 0.1) is 6.61 Å². The number of ether oxygens (including phenoxy) is 1. The first-order valence-corrected chi connectivity index (χ1v) is 6.11. The summed E-state index contributed by atoms with van der Waals surface area (Å²) in [6.07, 6.45) is 2.27. The molecule has 2 heteroatoms. The number of hydrogen-bond acceptors (Lipinski definition) is 2. The van der Waals surface area contributed by atoms with Crippen molar-refractivity contribution in [2.75, 3.05) is 20.2 Å². The van der Waals surface area contributed by atoms with E-state index in [1.165, 1.54) is 12.0 Å². The molecule has 0 atom stereocenters. The summed E-state index contributed by atoms with van der Waals surface area (Å²) < 4.78 is 5.72. The summed E-state index contributed by atoms with van der Waals surface area (Å²) in [5.74, 6) is 1.56. The van der Waals surface area contributed by atoms with Crippen LogP contribution in [0.1, 0.15) is 38.2 Å². The highest BCUT2D eigenvalue weighted by Crippen LogP contribution is 2.20. The fourth-order valence-corrected chi connectivity index (χ4v) is 1.56. The summed E-state index contributed by atoms with van der Waals surface area (Å²) in [6.45, 7) is 6.27. The van der Waals surface area contributed by atoms with Gasteiger partial charge in [-0.2, -0.15) is 0 Å². The molecule has 1 rings (SSSR count). The van der Waals surface area contributed by atoms with Gasteiger partial charge in [-0.15, -0.1) is 0 Å². The van der Waals surface area contributed by atoms with Crippen molar-refractivity contribution in [1.82, 2.24) is 5.32 Å². The summed E-state index contributed by atoms with van der Waals surface area (Å²) in [6, 6.07) is 8.39. The van der Waals surface area contributed by atoms with Gasteiger partial charge in [0.1, 0.15) is 5.75 Å². The number of rotatable bonds is 7. The number of hydrogen-bond donors (Lipinski definition) is 1. The van der Waals surface area contributed by atoms with Gasteiger partial charge >= 0.3 is 0 Å². The fourth-order valence-electron chi connectivity index (χ4n) is 1.56. The SMILES string of the molecule is CNCCCCOc1cccc(C(C)C)c1. The van der Waals surface area contributed by atoms with Gasteiger partial charge in [-0.05, 0) is 50.0 Å². The van der Waals surface area contributed by atoms with E-state index in [0.29, 0.717) is 5.92 Å². The van der Waals surface area contributed by atoms with E-state index < -0.39 is 0 Å². The Hall–Kier alpha value is -1.02. The van der Waals surface area contributed by atoms with E-state index in [1.807, 2.05) is 13.1 Å². The van der Waals surface area contributed by atoms with Crippen molar-refractivity contribution in [1.29, 1.82) is 0 Å². The van der Waals surface area contributed by atoms with Crippen molar-refractivity contribution >= 4 is 0 Å². The maximum Gasteiger partial charge on any atom is 0.119 e. The second kappa shape index (κ2) is 7.29. The van der Waals surface area contributed by atoms with E-state index in [9.17, 15) is 0 Å². The van der Waals surface area contributed by atoms with Gasteiger partial charge in [0.2, 0.25) is 0 Å². The van der Waals surface area contributed by atoms with E-state index in [-0.39, 0.29) is 0 Å². The highest BCUT2D eigenvalue weighted by Gasteiger charge is 2.00. The maximum atomic E-state index is 5.72. The van der Waals surface area contributed by atoms with Crippen molar-refractivity contribution < 1.29 is 4.74 Å². The molecule has 0 unspecified atom stereocenters. The molecule has 0 bridgehead atoms. The molecule has 0 aliphatic heterocycles. The number of unbranched alkanes of at least 4 members (excludes halogenated alkanes) is 1. The molecule has 90 valence electrons. The topological polar surface area (TPSA) is 21.3 Å². The quantitative estimate of drug-likeness (QED) is 0.714. The van der Waals surface area contributed by atoms with E-state index >= 15 is 0 Å². The molecule has 0 heterocycles. The van der Waals surface area contributed by atoms with Crippen LogP contribution in [-0.4, -0.2) is 20.2 Å². The third-order valence-electron chi connectivity index (χ3n) is 2.61. The normalized spacial score (nSPS) is 10.8. The summed E-state index contributed by atoms with van der Waals surface area (Å²) in [5.41, 5.74) is 1.34. The standard InChI is InChI=1S/C14H23NO/c1-12(2)13-7-6-8-14(11-13)16-10-5-4-9-15-3/h6-8,11-12,15H,4-5,9-10H2,1-3H3. The van der Waals surface area contributed by atoms with Gasteiger partial charge in [0.15, 0.2) is 0 Å². The molecule has 0 aromatic heterocycles. The number of benzene rings is 1. The monoisotopic (exact) mass is 221 g/mol. The van der Waals surface area contributed by atoms with Gasteiger partial charge in [0.25, 0.3) is 0 Å². The van der Waals surface area contributed by atoms with Gasteiger partial charge < -0.3 is 10.1 Å². The predicted molar refractivity (Wildman–Crippen MR) is 69.2 cm³/mol. The van der Waals surface area contributed by atoms with E-state index in [4.69, 9.17) is 4.74 Å². The molecule has 1 aromatic rings. The second-order valence-corrected chi connectivity index (χ2v) is 4.39. The zero-order valence-electron chi connectivity index (χ0n) is 10.6. The van der Waals surface area contributed by atoms with Crippen LogP contribution in [0.2, 0.25) is 0 Å². The smallest absolute Gasteiger partial charge is 0.119 e. The minimum Gasteiger partial charge on any atom is -0.494 e. The summed E-state index contributed by atoms with van der Waals surface area (Å²) >= 11 is 0. The van der Waals surface area contributed by atoms with Crippen molar-refractivity contribution in [2.24, 2.45) is 0 Å². The van der Waals surface area contributed by atoms with E-state index in [2.05, 4.69) is 37.4 Å². The largest absolute Gasteiger partial charge is 0.494 e. The molecule has 0 saturated heterocycles. The molecular weight excluding hydrogens is 198 g/mol. The molecule has 0 saturated carbocycles. The summed E-state index contributed by atoms with van der Waals surface area (Å²) in [7, 11) is 1.98. The van der Waals surface area contributed by atoms with Crippen LogP contribution in [0.4, 0.5) is 0 Å². The Kier molecular flexibility index (Phi) is 5.94. The highest BCUT2D eigenvalue weighted by atomic mass is 16.5. The summed E-state index contributed by atoms with van der Waals surface area (Å²) in [5, 5.41) is 3.13. The molecule has 16 heavy (non-hydrogen) atoms. The Morgan fingerprint density at radius 2 is 2.06 bits per heavy atom. The molecule has 0 aliphatic carbocycles. The molecule has 1 N–H and O–H groups in total. The lowest BCUT2D eigenvalue weighted by Crippen LogP contribution is -2.09. The van der Waals surface area contributed by atoms with Crippen LogP contribution in [0, 0.1) is 0 Å². The lowest BCUT2D eigenvalue weighted by atomic mass is 10.0. The minimum atomic E-state index is 0.563. The third-order valence-corrected chi connectivity index (χ3v) is 2.61. The Morgan fingerprint density at radius 3 is 2.75 bits per heavy atom. The Balaban J connectivity index is 2.33. The Bertz CT molecular complexity index is 297. The third kappa shape index (κ3) is 4.67. The van der Waals surface area contributed by atoms with Crippen LogP contribution in [-0.2, 0) is 0 Å². The minimum absolute atomic E-state index is 0.563. The molecule has 0 radical (unpaired) electrons. The zero-order valence-corrected chi connectivity index (χ0v) is 10.6. The predicted octanol–water partition coefficient (Wildman–Crippen LogP) is 3.19. The van der Waals surface area contributed by atoms with E-state index in [1.54, 1.807) is 0 Å².